The van der Waals surface area contributed by atoms with Gasteiger partial charge in [0.1, 0.15) is 0 Å². The van der Waals surface area contributed by atoms with Crippen molar-refractivity contribution in [2.24, 2.45) is 0 Å². The van der Waals surface area contributed by atoms with Crippen molar-refractivity contribution in [1.29, 1.82) is 0 Å². The predicted molar refractivity (Wildman–Crippen MR) is 51.0 cm³/mol. The molecular formula is C8H12BrN3. The standard InChI is InChI=1S/C8H12BrN3/c1-5-7(9)8(12-11-5)6-3-2-4-10-6/h6,10H,2-4H2,1H3,(H,11,12). The number of hydrogen-bond donors (Lipinski definition) is 2. The summed E-state index contributed by atoms with van der Waals surface area (Å²) in [7, 11) is 0. The topological polar surface area (TPSA) is 40.7 Å². The fourth-order valence-corrected chi connectivity index (χ4v) is 2.04. The van der Waals surface area contributed by atoms with Gasteiger partial charge < -0.3 is 5.32 Å². The largest absolute Gasteiger partial charge is 0.309 e. The van der Waals surface area contributed by atoms with Gasteiger partial charge in [-0.2, -0.15) is 5.10 Å². The molecule has 1 aliphatic heterocycles. The maximum absolute atomic E-state index is 4.26. The first kappa shape index (κ1) is 8.26. The van der Waals surface area contributed by atoms with Gasteiger partial charge in [0, 0.05) is 5.69 Å². The molecule has 66 valence electrons. The highest BCUT2D eigenvalue weighted by molar-refractivity contribution is 9.10. The van der Waals surface area contributed by atoms with E-state index in [1.165, 1.54) is 12.8 Å². The van der Waals surface area contributed by atoms with Crippen LogP contribution in [0.3, 0.4) is 0 Å². The van der Waals surface area contributed by atoms with Gasteiger partial charge in [-0.3, -0.25) is 5.10 Å². The number of rotatable bonds is 1. The first-order valence-electron chi connectivity index (χ1n) is 4.23. The van der Waals surface area contributed by atoms with E-state index in [0.29, 0.717) is 6.04 Å². The molecule has 1 aromatic heterocycles. The molecule has 2 heterocycles. The first-order valence-corrected chi connectivity index (χ1v) is 5.02. The monoisotopic (exact) mass is 229 g/mol. The second kappa shape index (κ2) is 3.18. The second-order valence-electron chi connectivity index (χ2n) is 3.20. The molecule has 12 heavy (non-hydrogen) atoms. The Hall–Kier alpha value is -0.350. The quantitative estimate of drug-likeness (QED) is 0.773. The van der Waals surface area contributed by atoms with Crippen LogP contribution in [0, 0.1) is 6.92 Å². The van der Waals surface area contributed by atoms with Gasteiger partial charge in [0.15, 0.2) is 0 Å². The number of halogens is 1. The summed E-state index contributed by atoms with van der Waals surface area (Å²) in [5.74, 6) is 0. The van der Waals surface area contributed by atoms with Crippen molar-refractivity contribution in [2.75, 3.05) is 6.54 Å². The van der Waals surface area contributed by atoms with Crippen LogP contribution < -0.4 is 5.32 Å². The average Bonchev–Trinajstić information content (AvgIpc) is 2.64. The molecule has 0 aromatic carbocycles. The number of aryl methyl sites for hydroxylation is 1. The van der Waals surface area contributed by atoms with E-state index in [4.69, 9.17) is 0 Å². The number of nitrogens with one attached hydrogen (secondary N) is 2. The molecule has 1 aromatic rings. The van der Waals surface area contributed by atoms with Crippen LogP contribution in [0.15, 0.2) is 4.47 Å². The number of aromatic amines is 1. The Morgan fingerprint density at radius 2 is 2.42 bits per heavy atom. The smallest absolute Gasteiger partial charge is 0.0936 e. The summed E-state index contributed by atoms with van der Waals surface area (Å²) in [5.41, 5.74) is 2.24. The molecule has 2 rings (SSSR count). The summed E-state index contributed by atoms with van der Waals surface area (Å²) in [4.78, 5) is 0. The summed E-state index contributed by atoms with van der Waals surface area (Å²) < 4.78 is 1.13. The highest BCUT2D eigenvalue weighted by atomic mass is 79.9. The van der Waals surface area contributed by atoms with E-state index in [1.807, 2.05) is 6.92 Å². The molecule has 2 N–H and O–H groups in total. The molecule has 0 saturated carbocycles. The fourth-order valence-electron chi connectivity index (χ4n) is 1.58. The van der Waals surface area contributed by atoms with Crippen LogP contribution in [0.4, 0.5) is 0 Å². The summed E-state index contributed by atoms with van der Waals surface area (Å²) in [6.45, 7) is 3.14. The molecule has 1 unspecified atom stereocenters. The Morgan fingerprint density at radius 3 is 2.92 bits per heavy atom. The normalized spacial score (nSPS) is 23.3. The molecule has 0 aliphatic carbocycles. The fraction of sp³-hybridized carbons (Fsp3) is 0.625. The van der Waals surface area contributed by atoms with E-state index in [1.54, 1.807) is 0 Å². The second-order valence-corrected chi connectivity index (χ2v) is 3.99. The van der Waals surface area contributed by atoms with Crippen molar-refractivity contribution in [1.82, 2.24) is 15.5 Å². The van der Waals surface area contributed by atoms with Crippen LogP contribution in [0.5, 0.6) is 0 Å². The molecule has 0 radical (unpaired) electrons. The van der Waals surface area contributed by atoms with Gasteiger partial charge in [-0.25, -0.2) is 0 Å². The molecule has 4 heteroatoms. The maximum atomic E-state index is 4.26. The summed E-state index contributed by atoms with van der Waals surface area (Å²) in [5, 5.41) is 10.7. The van der Waals surface area contributed by atoms with Crippen LogP contribution in [0.25, 0.3) is 0 Å². The number of aromatic nitrogens is 2. The van der Waals surface area contributed by atoms with Crippen LogP contribution >= 0.6 is 15.9 Å². The molecule has 3 nitrogen and oxygen atoms in total. The third kappa shape index (κ3) is 1.29. The van der Waals surface area contributed by atoms with E-state index in [2.05, 4.69) is 31.4 Å². The van der Waals surface area contributed by atoms with Crippen molar-refractivity contribution in [3.63, 3.8) is 0 Å². The zero-order chi connectivity index (χ0) is 8.55. The van der Waals surface area contributed by atoms with Crippen LogP contribution in [-0.4, -0.2) is 16.7 Å². The lowest BCUT2D eigenvalue weighted by Crippen LogP contribution is -2.13. The van der Waals surface area contributed by atoms with Crippen molar-refractivity contribution in [3.05, 3.63) is 15.9 Å². The molecule has 1 atom stereocenters. The highest BCUT2D eigenvalue weighted by Crippen LogP contribution is 2.29. The van der Waals surface area contributed by atoms with Crippen LogP contribution in [0.1, 0.15) is 30.3 Å². The van der Waals surface area contributed by atoms with Crippen molar-refractivity contribution in [3.8, 4) is 0 Å². The van der Waals surface area contributed by atoms with Crippen LogP contribution in [0.2, 0.25) is 0 Å². The lowest BCUT2D eigenvalue weighted by molar-refractivity contribution is 0.623. The maximum Gasteiger partial charge on any atom is 0.0936 e. The Labute approximate surface area is 80.1 Å². The molecular weight excluding hydrogens is 218 g/mol. The molecule has 1 saturated heterocycles. The van der Waals surface area contributed by atoms with Crippen LogP contribution in [-0.2, 0) is 0 Å². The van der Waals surface area contributed by atoms with E-state index in [0.717, 1.165) is 22.4 Å². The van der Waals surface area contributed by atoms with Gasteiger partial charge in [0.05, 0.1) is 16.2 Å². The number of nitrogens with zero attached hydrogens (tertiary/aromatic N) is 1. The van der Waals surface area contributed by atoms with Crippen molar-refractivity contribution < 1.29 is 0 Å². The van der Waals surface area contributed by atoms with E-state index in [-0.39, 0.29) is 0 Å². The lowest BCUT2D eigenvalue weighted by Gasteiger charge is -2.06. The molecule has 0 amide bonds. The number of hydrogen-bond acceptors (Lipinski definition) is 2. The summed E-state index contributed by atoms with van der Waals surface area (Å²) in [6, 6.07) is 0.448. The Balaban J connectivity index is 2.26. The minimum absolute atomic E-state index is 0.448. The van der Waals surface area contributed by atoms with Gasteiger partial charge in [0.2, 0.25) is 0 Å². The molecule has 1 aliphatic rings. The van der Waals surface area contributed by atoms with Crippen molar-refractivity contribution in [2.45, 2.75) is 25.8 Å². The van der Waals surface area contributed by atoms with Gasteiger partial charge in [-0.05, 0) is 42.2 Å². The molecule has 1 fully saturated rings. The van der Waals surface area contributed by atoms with Gasteiger partial charge in [0.25, 0.3) is 0 Å². The van der Waals surface area contributed by atoms with Gasteiger partial charge >= 0.3 is 0 Å². The SMILES string of the molecule is Cc1[nH]nc(C2CCCN2)c1Br. The Kier molecular flexibility index (Phi) is 2.19. The van der Waals surface area contributed by atoms with Gasteiger partial charge in [-0.1, -0.05) is 0 Å². The lowest BCUT2D eigenvalue weighted by atomic mass is 10.1. The number of H-pyrrole nitrogens is 1. The van der Waals surface area contributed by atoms with Gasteiger partial charge in [-0.15, -0.1) is 0 Å². The average molecular weight is 230 g/mol. The highest BCUT2D eigenvalue weighted by Gasteiger charge is 2.21. The minimum Gasteiger partial charge on any atom is -0.309 e. The minimum atomic E-state index is 0.448. The van der Waals surface area contributed by atoms with E-state index < -0.39 is 0 Å². The summed E-state index contributed by atoms with van der Waals surface area (Å²) in [6.07, 6.45) is 2.45. The third-order valence-electron chi connectivity index (χ3n) is 2.29. The first-order chi connectivity index (χ1) is 5.79. The molecule has 0 bridgehead atoms. The van der Waals surface area contributed by atoms with Crippen molar-refractivity contribution >= 4 is 15.9 Å². The third-order valence-corrected chi connectivity index (χ3v) is 3.29. The zero-order valence-electron chi connectivity index (χ0n) is 7.02. The Morgan fingerprint density at radius 1 is 1.58 bits per heavy atom. The predicted octanol–water partition coefficient (Wildman–Crippen LogP) is 1.91. The molecule has 0 spiro atoms. The van der Waals surface area contributed by atoms with E-state index >= 15 is 0 Å². The zero-order valence-corrected chi connectivity index (χ0v) is 8.61. The van der Waals surface area contributed by atoms with E-state index in [9.17, 15) is 0 Å². The summed E-state index contributed by atoms with van der Waals surface area (Å²) >= 11 is 3.53. The Bertz CT molecular complexity index is 276.